The smallest absolute Gasteiger partial charge is 0.303 e. The SMILES string of the molecule is C=CC1=C(C)c2cc3[nH]c(cc4nc(cc5[nH]c(cc1n2)c(C)c5CCC(=O)O)C(CCC(=O)O)=C4C)c(C)c3C=C.[Ni]. The molecule has 0 aliphatic carbocycles. The Morgan fingerprint density at radius 2 is 1.26 bits per heavy atom. The van der Waals surface area contributed by atoms with E-state index in [-0.39, 0.29) is 29.3 Å². The first-order valence-electron chi connectivity index (χ1n) is 13.9. The van der Waals surface area contributed by atoms with Gasteiger partial charge in [0.15, 0.2) is 0 Å². The van der Waals surface area contributed by atoms with E-state index in [2.05, 4.69) is 23.1 Å². The Morgan fingerprint density at radius 3 is 1.91 bits per heavy atom. The molecule has 5 rings (SSSR count). The zero-order chi connectivity index (χ0) is 30.3. The predicted molar refractivity (Wildman–Crippen MR) is 169 cm³/mol. The van der Waals surface area contributed by atoms with Crippen molar-refractivity contribution in [3.8, 4) is 0 Å². The number of nitrogens with zero attached hydrogens (tertiary/aromatic N) is 2. The maximum Gasteiger partial charge on any atom is 0.303 e. The molecular weight excluding hydrogens is 587 g/mol. The summed E-state index contributed by atoms with van der Waals surface area (Å²) in [5.41, 5.74) is 13.7. The van der Waals surface area contributed by atoms with Gasteiger partial charge in [0.05, 0.1) is 22.8 Å². The second-order valence-corrected chi connectivity index (χ2v) is 10.7. The fourth-order valence-corrected chi connectivity index (χ4v) is 5.77. The van der Waals surface area contributed by atoms with Crippen molar-refractivity contribution < 1.29 is 36.3 Å². The Hall–Kier alpha value is -4.49. The van der Waals surface area contributed by atoms with Gasteiger partial charge in [0.25, 0.3) is 0 Å². The Labute approximate surface area is 259 Å². The summed E-state index contributed by atoms with van der Waals surface area (Å²) in [4.78, 5) is 40.0. The van der Waals surface area contributed by atoms with E-state index in [0.29, 0.717) is 18.5 Å². The molecule has 8 nitrogen and oxygen atoms in total. The summed E-state index contributed by atoms with van der Waals surface area (Å²) in [6, 6.07) is 7.88. The first kappa shape index (κ1) is 31.4. The van der Waals surface area contributed by atoms with Gasteiger partial charge < -0.3 is 20.2 Å². The molecule has 0 saturated heterocycles. The van der Waals surface area contributed by atoms with Crippen LogP contribution in [0.25, 0.3) is 50.4 Å². The molecule has 43 heavy (non-hydrogen) atoms. The monoisotopic (exact) mass is 620 g/mol. The maximum absolute atomic E-state index is 11.5. The van der Waals surface area contributed by atoms with Gasteiger partial charge in [-0.2, -0.15) is 0 Å². The number of hydrogen-bond donors (Lipinski definition) is 4. The minimum Gasteiger partial charge on any atom is -0.481 e. The molecule has 5 heterocycles. The van der Waals surface area contributed by atoms with E-state index in [1.807, 2.05) is 58.0 Å². The molecule has 3 aromatic heterocycles. The van der Waals surface area contributed by atoms with Crippen molar-refractivity contribution >= 4 is 62.4 Å². The third-order valence-corrected chi connectivity index (χ3v) is 8.22. The third kappa shape index (κ3) is 5.90. The van der Waals surface area contributed by atoms with Gasteiger partial charge in [-0.1, -0.05) is 25.3 Å². The van der Waals surface area contributed by atoms with Crippen molar-refractivity contribution in [2.75, 3.05) is 0 Å². The van der Waals surface area contributed by atoms with Crippen LogP contribution in [0.15, 0.2) is 43.5 Å². The van der Waals surface area contributed by atoms with E-state index in [1.165, 1.54) is 0 Å². The standard InChI is InChI=1S/C34H34N4O4.Ni/c1-7-21-17(3)25-13-26-19(5)23(9-11-33(39)40)31(37-26)16-32-24(10-12-34(41)42)20(6)28(38-32)15-30-22(8-2)18(4)27(36-30)14-29(21)35-25;/h7-8,13-16,35,38H,1-2,9-12H2,3-6H3,(H,39,40)(H,41,42);. The van der Waals surface area contributed by atoms with Crippen molar-refractivity contribution in [2.24, 2.45) is 0 Å². The number of hydrogen-bond acceptors (Lipinski definition) is 4. The number of allylic oxidation sites excluding steroid dienone is 5. The molecule has 0 aromatic carbocycles. The van der Waals surface area contributed by atoms with Crippen molar-refractivity contribution in [2.45, 2.75) is 53.4 Å². The number of H-pyrrole nitrogens is 2. The van der Waals surface area contributed by atoms with E-state index >= 15 is 0 Å². The van der Waals surface area contributed by atoms with Crippen LogP contribution in [-0.4, -0.2) is 42.1 Å². The number of carboxylic acids is 2. The summed E-state index contributed by atoms with van der Waals surface area (Å²) in [6.07, 6.45) is 4.22. The van der Waals surface area contributed by atoms with Gasteiger partial charge in [-0.15, -0.1) is 0 Å². The summed E-state index contributed by atoms with van der Waals surface area (Å²) < 4.78 is 0. The van der Waals surface area contributed by atoms with Crippen LogP contribution in [-0.2, 0) is 32.5 Å². The van der Waals surface area contributed by atoms with E-state index < -0.39 is 11.9 Å². The van der Waals surface area contributed by atoms with Crippen molar-refractivity contribution in [3.63, 3.8) is 0 Å². The van der Waals surface area contributed by atoms with E-state index in [1.54, 1.807) is 6.08 Å². The quantitative estimate of drug-likeness (QED) is 0.193. The second kappa shape index (κ2) is 12.4. The number of fused-ring (bicyclic) bond motifs is 8. The number of nitrogens with one attached hydrogen (secondary N) is 2. The number of aromatic amines is 2. The van der Waals surface area contributed by atoms with Crippen LogP contribution < -0.4 is 0 Å². The number of aliphatic carboxylic acids is 2. The second-order valence-electron chi connectivity index (χ2n) is 10.7. The molecule has 2 aliphatic rings. The Kier molecular flexibility index (Phi) is 9.07. The van der Waals surface area contributed by atoms with Crippen LogP contribution >= 0.6 is 0 Å². The summed E-state index contributed by atoms with van der Waals surface area (Å²) >= 11 is 0. The summed E-state index contributed by atoms with van der Waals surface area (Å²) in [5, 5.41) is 18.9. The van der Waals surface area contributed by atoms with Gasteiger partial charge in [-0.3, -0.25) is 9.59 Å². The summed E-state index contributed by atoms with van der Waals surface area (Å²) in [5.74, 6) is -1.76. The molecule has 0 radical (unpaired) electrons. The van der Waals surface area contributed by atoms with Gasteiger partial charge in [0.1, 0.15) is 0 Å². The largest absolute Gasteiger partial charge is 0.481 e. The maximum atomic E-state index is 11.5. The molecule has 0 unspecified atom stereocenters. The molecule has 2 aliphatic heterocycles. The van der Waals surface area contributed by atoms with Gasteiger partial charge in [-0.25, -0.2) is 9.97 Å². The average Bonchev–Trinajstić information content (AvgIpc) is 3.59. The van der Waals surface area contributed by atoms with E-state index in [9.17, 15) is 19.8 Å². The number of carboxylic acid groups (broad SMARTS) is 2. The molecule has 8 bridgehead atoms. The Morgan fingerprint density at radius 1 is 0.721 bits per heavy atom. The normalized spacial score (nSPS) is 12.7. The van der Waals surface area contributed by atoms with Crippen molar-refractivity contribution in [1.82, 2.24) is 19.9 Å². The van der Waals surface area contributed by atoms with Crippen LogP contribution in [0.5, 0.6) is 0 Å². The molecule has 0 fully saturated rings. The molecule has 3 aromatic rings. The van der Waals surface area contributed by atoms with Crippen LogP contribution in [0.3, 0.4) is 0 Å². The van der Waals surface area contributed by atoms with Gasteiger partial charge in [0, 0.05) is 62.5 Å². The average molecular weight is 621 g/mol. The molecule has 0 amide bonds. The van der Waals surface area contributed by atoms with Crippen LogP contribution in [0, 0.1) is 13.8 Å². The van der Waals surface area contributed by atoms with Gasteiger partial charge in [0.2, 0.25) is 0 Å². The van der Waals surface area contributed by atoms with Crippen LogP contribution in [0.2, 0.25) is 0 Å². The van der Waals surface area contributed by atoms with Gasteiger partial charge in [-0.05, 0) is 98.2 Å². The zero-order valence-corrected chi connectivity index (χ0v) is 25.6. The van der Waals surface area contributed by atoms with Crippen molar-refractivity contribution in [1.29, 1.82) is 0 Å². The minimum atomic E-state index is -0.883. The predicted octanol–water partition coefficient (Wildman–Crippen LogP) is 7.50. The zero-order valence-electron chi connectivity index (χ0n) is 24.6. The van der Waals surface area contributed by atoms with Crippen molar-refractivity contribution in [3.05, 3.63) is 88.5 Å². The Balaban J connectivity index is 0.00000423. The molecule has 0 saturated carbocycles. The van der Waals surface area contributed by atoms with E-state index in [4.69, 9.17) is 9.97 Å². The number of rotatable bonds is 8. The topological polar surface area (TPSA) is 132 Å². The van der Waals surface area contributed by atoms with Gasteiger partial charge >= 0.3 is 11.9 Å². The number of carbonyl (C=O) groups is 2. The molecule has 4 N–H and O–H groups in total. The van der Waals surface area contributed by atoms with Crippen LogP contribution in [0.1, 0.15) is 78.1 Å². The molecule has 0 atom stereocenters. The summed E-state index contributed by atoms with van der Waals surface area (Å²) in [7, 11) is 0. The Bertz CT molecular complexity index is 1920. The first-order valence-corrected chi connectivity index (χ1v) is 13.9. The van der Waals surface area contributed by atoms with Crippen LogP contribution in [0.4, 0.5) is 0 Å². The molecule has 224 valence electrons. The molecule has 9 heteroatoms. The fourth-order valence-electron chi connectivity index (χ4n) is 5.77. The first-order chi connectivity index (χ1) is 20.0. The number of aromatic nitrogens is 4. The number of aryl methyl sites for hydroxylation is 3. The van der Waals surface area contributed by atoms with E-state index in [0.717, 1.165) is 83.7 Å². The minimum absolute atomic E-state index is 0. The molecular formula is C34H34N4NiO4. The fraction of sp³-hybridized carbons (Fsp3) is 0.235. The third-order valence-electron chi connectivity index (χ3n) is 8.22. The molecule has 0 spiro atoms. The summed E-state index contributed by atoms with van der Waals surface area (Å²) in [6.45, 7) is 16.0.